The maximum absolute atomic E-state index is 11.5. The summed E-state index contributed by atoms with van der Waals surface area (Å²) in [6, 6.07) is 4.05. The van der Waals surface area contributed by atoms with E-state index in [1.165, 1.54) is 5.56 Å². The minimum absolute atomic E-state index is 0.0344. The van der Waals surface area contributed by atoms with Gasteiger partial charge in [0.05, 0.1) is 11.5 Å². The highest BCUT2D eigenvalue weighted by atomic mass is 32.1. The quantitative estimate of drug-likeness (QED) is 0.791. The first kappa shape index (κ1) is 14.4. The first-order chi connectivity index (χ1) is 8.40. The van der Waals surface area contributed by atoms with E-state index in [4.69, 9.17) is 10.5 Å². The van der Waals surface area contributed by atoms with Crippen LogP contribution in [0.1, 0.15) is 16.7 Å². The summed E-state index contributed by atoms with van der Waals surface area (Å²) in [5.41, 5.74) is 8.51. The van der Waals surface area contributed by atoms with E-state index in [0.717, 1.165) is 16.9 Å². The average molecular weight is 266 g/mol. The van der Waals surface area contributed by atoms with E-state index in [2.05, 4.69) is 17.5 Å². The molecule has 0 aliphatic carbocycles. The first-order valence-corrected chi connectivity index (χ1v) is 6.06. The molecule has 1 aromatic rings. The summed E-state index contributed by atoms with van der Waals surface area (Å²) in [6.45, 7) is 6.11. The van der Waals surface area contributed by atoms with Crippen molar-refractivity contribution in [3.63, 3.8) is 0 Å². The summed E-state index contributed by atoms with van der Waals surface area (Å²) in [4.78, 5) is 11.7. The van der Waals surface area contributed by atoms with Gasteiger partial charge >= 0.3 is 0 Å². The predicted molar refractivity (Wildman–Crippen MR) is 75.9 cm³/mol. The number of nitrogens with two attached hydrogens (primary N) is 1. The highest BCUT2D eigenvalue weighted by Gasteiger charge is 2.08. The molecule has 4 nitrogen and oxygen atoms in total. The molecule has 0 aliphatic heterocycles. The van der Waals surface area contributed by atoms with Crippen molar-refractivity contribution in [3.05, 3.63) is 28.8 Å². The number of carbonyl (C=O) groups excluding carboxylic acids is 1. The largest absolute Gasteiger partial charge is 0.483 e. The van der Waals surface area contributed by atoms with Gasteiger partial charge in [0.2, 0.25) is 0 Å². The Balaban J connectivity index is 2.58. The number of ether oxygens (including phenoxy) is 1. The van der Waals surface area contributed by atoms with Crippen LogP contribution < -0.4 is 15.8 Å². The second kappa shape index (κ2) is 6.35. The average Bonchev–Trinajstić information content (AvgIpc) is 2.24. The van der Waals surface area contributed by atoms with Gasteiger partial charge in [-0.2, -0.15) is 0 Å². The van der Waals surface area contributed by atoms with E-state index in [1.807, 2.05) is 32.9 Å². The molecule has 0 spiro atoms. The third kappa shape index (κ3) is 4.33. The Hall–Kier alpha value is -1.62. The molecule has 98 valence electrons. The molecule has 0 saturated carbocycles. The monoisotopic (exact) mass is 266 g/mol. The SMILES string of the molecule is Cc1cc(C)c(OCC(=O)NCC(N)=S)c(C)c1. The molecule has 0 atom stereocenters. The lowest BCUT2D eigenvalue weighted by atomic mass is 10.1. The number of hydrogen-bond acceptors (Lipinski definition) is 3. The van der Waals surface area contributed by atoms with Crippen molar-refractivity contribution in [2.45, 2.75) is 20.8 Å². The normalized spacial score (nSPS) is 9.94. The number of amides is 1. The van der Waals surface area contributed by atoms with E-state index in [9.17, 15) is 4.79 Å². The fourth-order valence-electron chi connectivity index (χ4n) is 1.77. The Bertz CT molecular complexity index is 449. The third-order valence-corrected chi connectivity index (χ3v) is 2.56. The lowest BCUT2D eigenvalue weighted by Gasteiger charge is -2.13. The van der Waals surface area contributed by atoms with E-state index < -0.39 is 0 Å². The Kier molecular flexibility index (Phi) is 5.09. The van der Waals surface area contributed by atoms with Crippen LogP contribution in [0.4, 0.5) is 0 Å². The standard InChI is InChI=1S/C13H18N2O2S/c1-8-4-9(2)13(10(3)5-8)17-7-12(16)15-6-11(14)18/h4-5H,6-7H2,1-3H3,(H2,14,18)(H,15,16). The number of aryl methyl sites for hydroxylation is 3. The van der Waals surface area contributed by atoms with Gasteiger partial charge in [-0.15, -0.1) is 0 Å². The molecule has 0 aliphatic rings. The summed E-state index contributed by atoms with van der Waals surface area (Å²) in [6.07, 6.45) is 0. The van der Waals surface area contributed by atoms with Crippen LogP contribution in [0.15, 0.2) is 12.1 Å². The van der Waals surface area contributed by atoms with Crippen LogP contribution in [-0.2, 0) is 4.79 Å². The molecular formula is C13H18N2O2S. The van der Waals surface area contributed by atoms with Crippen molar-refractivity contribution in [3.8, 4) is 5.75 Å². The number of hydrogen-bond donors (Lipinski definition) is 2. The maximum atomic E-state index is 11.5. The zero-order valence-electron chi connectivity index (χ0n) is 10.9. The minimum atomic E-state index is -0.234. The molecular weight excluding hydrogens is 248 g/mol. The third-order valence-electron chi connectivity index (χ3n) is 2.41. The van der Waals surface area contributed by atoms with Crippen LogP contribution in [0.25, 0.3) is 0 Å². The van der Waals surface area contributed by atoms with Crippen molar-refractivity contribution in [2.75, 3.05) is 13.2 Å². The zero-order valence-corrected chi connectivity index (χ0v) is 11.7. The van der Waals surface area contributed by atoms with Crippen LogP contribution >= 0.6 is 12.2 Å². The van der Waals surface area contributed by atoms with Crippen LogP contribution in [0.3, 0.4) is 0 Å². The highest BCUT2D eigenvalue weighted by molar-refractivity contribution is 7.80. The maximum Gasteiger partial charge on any atom is 0.258 e. The fourth-order valence-corrected chi connectivity index (χ4v) is 1.84. The smallest absolute Gasteiger partial charge is 0.258 e. The van der Waals surface area contributed by atoms with Gasteiger partial charge in [0.25, 0.3) is 5.91 Å². The van der Waals surface area contributed by atoms with Crippen LogP contribution in [0.5, 0.6) is 5.75 Å². The van der Waals surface area contributed by atoms with E-state index in [-0.39, 0.29) is 24.0 Å². The van der Waals surface area contributed by atoms with Crippen LogP contribution in [-0.4, -0.2) is 24.0 Å². The van der Waals surface area contributed by atoms with E-state index in [0.29, 0.717) is 0 Å². The lowest BCUT2D eigenvalue weighted by Crippen LogP contribution is -2.35. The van der Waals surface area contributed by atoms with Crippen molar-refractivity contribution < 1.29 is 9.53 Å². The van der Waals surface area contributed by atoms with Gasteiger partial charge < -0.3 is 15.8 Å². The van der Waals surface area contributed by atoms with Gasteiger partial charge in [0, 0.05) is 0 Å². The summed E-state index contributed by atoms with van der Waals surface area (Å²) >= 11 is 4.67. The Morgan fingerprint density at radius 3 is 2.39 bits per heavy atom. The summed E-state index contributed by atoms with van der Waals surface area (Å²) in [5, 5.41) is 2.57. The topological polar surface area (TPSA) is 64.3 Å². The van der Waals surface area contributed by atoms with E-state index in [1.54, 1.807) is 0 Å². The number of nitrogens with one attached hydrogen (secondary N) is 1. The molecule has 1 aromatic carbocycles. The highest BCUT2D eigenvalue weighted by Crippen LogP contribution is 2.24. The molecule has 3 N–H and O–H groups in total. The van der Waals surface area contributed by atoms with Gasteiger partial charge in [-0.05, 0) is 31.9 Å². The number of carbonyl (C=O) groups is 1. The summed E-state index contributed by atoms with van der Waals surface area (Å²) in [7, 11) is 0. The van der Waals surface area contributed by atoms with Crippen LogP contribution in [0.2, 0.25) is 0 Å². The van der Waals surface area contributed by atoms with Gasteiger partial charge in [-0.3, -0.25) is 4.79 Å². The minimum Gasteiger partial charge on any atom is -0.483 e. The predicted octanol–water partition coefficient (Wildman–Crippen LogP) is 1.39. The molecule has 0 saturated heterocycles. The fraction of sp³-hybridized carbons (Fsp3) is 0.385. The molecule has 0 radical (unpaired) electrons. The van der Waals surface area contributed by atoms with Crippen molar-refractivity contribution in [2.24, 2.45) is 5.73 Å². The molecule has 1 amide bonds. The van der Waals surface area contributed by atoms with Crippen molar-refractivity contribution in [1.29, 1.82) is 0 Å². The van der Waals surface area contributed by atoms with Crippen molar-refractivity contribution >= 4 is 23.1 Å². The van der Waals surface area contributed by atoms with Gasteiger partial charge in [-0.25, -0.2) is 0 Å². The Morgan fingerprint density at radius 1 is 1.33 bits per heavy atom. The Labute approximate surface area is 113 Å². The molecule has 1 rings (SSSR count). The second-order valence-corrected chi connectivity index (χ2v) is 4.78. The van der Waals surface area contributed by atoms with Gasteiger partial charge in [-0.1, -0.05) is 29.9 Å². The van der Waals surface area contributed by atoms with E-state index >= 15 is 0 Å². The number of thiocarbonyl (C=S) groups is 1. The molecule has 0 bridgehead atoms. The number of rotatable bonds is 5. The molecule has 18 heavy (non-hydrogen) atoms. The zero-order chi connectivity index (χ0) is 13.7. The molecule has 0 fully saturated rings. The molecule has 0 unspecified atom stereocenters. The lowest BCUT2D eigenvalue weighted by molar-refractivity contribution is -0.122. The number of benzene rings is 1. The summed E-state index contributed by atoms with van der Waals surface area (Å²) in [5.74, 6) is 0.522. The van der Waals surface area contributed by atoms with Crippen LogP contribution in [0, 0.1) is 20.8 Å². The summed E-state index contributed by atoms with van der Waals surface area (Å²) < 4.78 is 5.52. The molecule has 0 heterocycles. The first-order valence-electron chi connectivity index (χ1n) is 5.66. The Morgan fingerprint density at radius 2 is 1.89 bits per heavy atom. The second-order valence-electron chi connectivity index (χ2n) is 4.26. The molecule has 0 aromatic heterocycles. The van der Waals surface area contributed by atoms with Gasteiger partial charge in [0.15, 0.2) is 6.61 Å². The van der Waals surface area contributed by atoms with Gasteiger partial charge in [0.1, 0.15) is 5.75 Å². The molecule has 5 heteroatoms. The van der Waals surface area contributed by atoms with Crippen molar-refractivity contribution in [1.82, 2.24) is 5.32 Å².